The number of aromatic amines is 1. The van der Waals surface area contributed by atoms with E-state index in [2.05, 4.69) is 50.9 Å². The number of aryl methyl sites for hydroxylation is 1. The summed E-state index contributed by atoms with van der Waals surface area (Å²) in [4.78, 5) is 14.5. The minimum atomic E-state index is -3.98. The van der Waals surface area contributed by atoms with Crippen LogP contribution in [0.2, 0.25) is 5.15 Å². The molecule has 13 heteroatoms. The van der Waals surface area contributed by atoms with Crippen LogP contribution in [-0.2, 0) is 17.1 Å². The Balaban J connectivity index is 2.05. The van der Waals surface area contributed by atoms with Gasteiger partial charge in [0, 0.05) is 7.05 Å². The van der Waals surface area contributed by atoms with Gasteiger partial charge in [-0.25, -0.2) is 14.4 Å². The first-order chi connectivity index (χ1) is 9.88. The Morgan fingerprint density at radius 2 is 2.19 bits per heavy atom. The van der Waals surface area contributed by atoms with Gasteiger partial charge in [0.2, 0.25) is 11.0 Å². The first-order valence-electron chi connectivity index (χ1n) is 5.33. The van der Waals surface area contributed by atoms with Crippen LogP contribution in [0.5, 0.6) is 0 Å². The molecule has 2 N–H and O–H groups in total. The van der Waals surface area contributed by atoms with Crippen molar-refractivity contribution in [2.45, 2.75) is 5.03 Å². The molecule has 0 saturated carbocycles. The lowest BCUT2D eigenvalue weighted by Gasteiger charge is -2.06. The maximum Gasteiger partial charge on any atom is 0.284 e. The highest BCUT2D eigenvalue weighted by atomic mass is 79.9. The number of sulfonamides is 1. The van der Waals surface area contributed by atoms with Gasteiger partial charge in [0.1, 0.15) is 5.52 Å². The summed E-state index contributed by atoms with van der Waals surface area (Å²) in [6.07, 6.45) is 1.38. The van der Waals surface area contributed by atoms with Crippen molar-refractivity contribution in [2.75, 3.05) is 4.72 Å². The maximum atomic E-state index is 12.3. The number of anilines is 1. The molecule has 0 saturated heterocycles. The minimum absolute atomic E-state index is 0.0531. The number of hydrogen-bond donors (Lipinski definition) is 2. The Morgan fingerprint density at radius 1 is 1.43 bits per heavy atom. The fourth-order valence-electron chi connectivity index (χ4n) is 1.62. The molecule has 3 heterocycles. The smallest absolute Gasteiger partial charge is 0.284 e. The number of halogens is 2. The van der Waals surface area contributed by atoms with E-state index in [9.17, 15) is 8.42 Å². The summed E-state index contributed by atoms with van der Waals surface area (Å²) < 4.78 is 28.0. The highest BCUT2D eigenvalue weighted by molar-refractivity contribution is 9.10. The molecule has 0 bridgehead atoms. The van der Waals surface area contributed by atoms with Crippen LogP contribution in [0.1, 0.15) is 0 Å². The molecule has 0 aliphatic carbocycles. The van der Waals surface area contributed by atoms with Crippen LogP contribution in [0.4, 0.5) is 5.95 Å². The molecule has 0 aromatic carbocycles. The molecule has 110 valence electrons. The van der Waals surface area contributed by atoms with E-state index < -0.39 is 10.0 Å². The molecular weight excluding hydrogens is 388 g/mol. The predicted octanol–water partition coefficient (Wildman–Crippen LogP) is 0.698. The summed E-state index contributed by atoms with van der Waals surface area (Å²) in [6, 6.07) is 0. The van der Waals surface area contributed by atoms with E-state index in [1.165, 1.54) is 13.4 Å². The van der Waals surface area contributed by atoms with Gasteiger partial charge < -0.3 is 4.98 Å². The molecule has 3 aromatic rings. The molecule has 3 rings (SSSR count). The zero-order valence-electron chi connectivity index (χ0n) is 10.2. The monoisotopic (exact) mass is 392 g/mol. The van der Waals surface area contributed by atoms with Crippen molar-refractivity contribution in [1.29, 1.82) is 0 Å². The Labute approximate surface area is 131 Å². The second kappa shape index (κ2) is 4.89. The summed E-state index contributed by atoms with van der Waals surface area (Å²) in [7, 11) is -2.54. The van der Waals surface area contributed by atoms with E-state index in [-0.39, 0.29) is 26.4 Å². The van der Waals surface area contributed by atoms with Gasteiger partial charge in [-0.3, -0.25) is 0 Å². The third-order valence-electron chi connectivity index (χ3n) is 2.46. The molecule has 0 spiro atoms. The van der Waals surface area contributed by atoms with Gasteiger partial charge in [-0.1, -0.05) is 16.8 Å². The molecule has 0 unspecified atom stereocenters. The highest BCUT2D eigenvalue weighted by Gasteiger charge is 2.25. The number of hydrogen-bond acceptors (Lipinski definition) is 7. The summed E-state index contributed by atoms with van der Waals surface area (Å²) in [6.45, 7) is 0. The summed E-state index contributed by atoms with van der Waals surface area (Å²) >= 11 is 8.94. The SMILES string of the molecule is Cn1nnc(Br)c1S(=O)(=O)Nc1nc(Cl)c2[nH]cnc2n1. The molecule has 0 fully saturated rings. The minimum Gasteiger partial charge on any atom is -0.341 e. The number of fused-ring (bicyclic) bond motifs is 1. The topological polar surface area (TPSA) is 131 Å². The van der Waals surface area contributed by atoms with Crippen LogP contribution in [-0.4, -0.2) is 43.3 Å². The normalized spacial score (nSPS) is 12.0. The quantitative estimate of drug-likeness (QED) is 0.626. The summed E-state index contributed by atoms with van der Waals surface area (Å²) in [5, 5.41) is 7.10. The summed E-state index contributed by atoms with van der Waals surface area (Å²) in [5.74, 6) is -0.201. The number of nitrogens with zero attached hydrogens (tertiary/aromatic N) is 6. The van der Waals surface area contributed by atoms with Crippen LogP contribution >= 0.6 is 27.5 Å². The maximum absolute atomic E-state index is 12.3. The number of rotatable bonds is 3. The molecule has 0 amide bonds. The second-order valence-electron chi connectivity index (χ2n) is 3.85. The predicted molar refractivity (Wildman–Crippen MR) is 76.2 cm³/mol. The Bertz CT molecular complexity index is 916. The lowest BCUT2D eigenvalue weighted by molar-refractivity contribution is 0.578. The average Bonchev–Trinajstić information content (AvgIpc) is 2.96. The first-order valence-corrected chi connectivity index (χ1v) is 7.98. The van der Waals surface area contributed by atoms with Crippen molar-refractivity contribution in [2.24, 2.45) is 7.05 Å². The van der Waals surface area contributed by atoms with Crippen molar-refractivity contribution < 1.29 is 8.42 Å². The van der Waals surface area contributed by atoms with Crippen LogP contribution < -0.4 is 4.72 Å². The van der Waals surface area contributed by atoms with Crippen molar-refractivity contribution in [3.8, 4) is 0 Å². The third kappa shape index (κ3) is 2.45. The number of H-pyrrole nitrogens is 1. The van der Waals surface area contributed by atoms with E-state index in [1.54, 1.807) is 0 Å². The number of nitrogens with one attached hydrogen (secondary N) is 2. The summed E-state index contributed by atoms with van der Waals surface area (Å²) in [5.41, 5.74) is 0.665. The van der Waals surface area contributed by atoms with E-state index in [0.717, 1.165) is 4.68 Å². The van der Waals surface area contributed by atoms with Gasteiger partial charge in [0.15, 0.2) is 15.4 Å². The molecule has 0 aliphatic rings. The van der Waals surface area contributed by atoms with Gasteiger partial charge in [0.05, 0.1) is 6.33 Å². The van der Waals surface area contributed by atoms with E-state index >= 15 is 0 Å². The Kier molecular flexibility index (Phi) is 3.30. The van der Waals surface area contributed by atoms with E-state index in [1.807, 2.05) is 0 Å². The Morgan fingerprint density at radius 3 is 2.86 bits per heavy atom. The van der Waals surface area contributed by atoms with Crippen LogP contribution in [0.3, 0.4) is 0 Å². The van der Waals surface area contributed by atoms with Crippen LogP contribution in [0.25, 0.3) is 11.2 Å². The van der Waals surface area contributed by atoms with E-state index in [0.29, 0.717) is 5.52 Å². The van der Waals surface area contributed by atoms with Crippen LogP contribution in [0, 0.1) is 0 Å². The molecule has 0 aliphatic heterocycles. The fourth-order valence-corrected chi connectivity index (χ4v) is 3.88. The lowest BCUT2D eigenvalue weighted by atomic mass is 10.6. The largest absolute Gasteiger partial charge is 0.341 e. The lowest BCUT2D eigenvalue weighted by Crippen LogP contribution is -2.18. The molecule has 21 heavy (non-hydrogen) atoms. The van der Waals surface area contributed by atoms with Gasteiger partial charge in [-0.05, 0) is 15.9 Å². The zero-order valence-corrected chi connectivity index (χ0v) is 13.4. The highest BCUT2D eigenvalue weighted by Crippen LogP contribution is 2.22. The van der Waals surface area contributed by atoms with Gasteiger partial charge in [-0.2, -0.15) is 18.4 Å². The van der Waals surface area contributed by atoms with Crippen LogP contribution in [0.15, 0.2) is 16.0 Å². The third-order valence-corrected chi connectivity index (χ3v) is 4.95. The van der Waals surface area contributed by atoms with Crippen molar-refractivity contribution in [3.05, 3.63) is 16.1 Å². The standard InChI is InChI=1S/C8H6BrClN8O2S/c1-18-7(4(9)15-17-18)21(19,20)16-8-13-5(10)3-6(14-8)12-2-11-3/h2H,1H3,(H2,11,12,13,14,16). The average molecular weight is 394 g/mol. The molecule has 0 atom stereocenters. The fraction of sp³-hybridized carbons (Fsp3) is 0.125. The van der Waals surface area contributed by atoms with Gasteiger partial charge in [0.25, 0.3) is 10.0 Å². The number of aromatic nitrogens is 7. The van der Waals surface area contributed by atoms with Crippen molar-refractivity contribution in [3.63, 3.8) is 0 Å². The van der Waals surface area contributed by atoms with Crippen molar-refractivity contribution in [1.82, 2.24) is 34.9 Å². The molecule has 0 radical (unpaired) electrons. The number of imidazole rings is 1. The Hall–Kier alpha value is -1.79. The first kappa shape index (κ1) is 14.2. The van der Waals surface area contributed by atoms with Gasteiger partial charge >= 0.3 is 0 Å². The zero-order chi connectivity index (χ0) is 15.2. The second-order valence-corrected chi connectivity index (χ2v) is 6.56. The molecule has 3 aromatic heterocycles. The van der Waals surface area contributed by atoms with E-state index in [4.69, 9.17) is 11.6 Å². The van der Waals surface area contributed by atoms with Crippen molar-refractivity contribution >= 4 is 54.7 Å². The molecule has 10 nitrogen and oxygen atoms in total. The van der Waals surface area contributed by atoms with Gasteiger partial charge in [-0.15, -0.1) is 5.10 Å². The molecular formula is C8H6BrClN8O2S.